The lowest BCUT2D eigenvalue weighted by atomic mass is 10.0. The van der Waals surface area contributed by atoms with Crippen LogP contribution in [-0.2, 0) is 6.54 Å². The molecule has 0 aliphatic carbocycles. The van der Waals surface area contributed by atoms with E-state index in [-0.39, 0.29) is 0 Å². The second-order valence-electron chi connectivity index (χ2n) is 7.15. The van der Waals surface area contributed by atoms with Crippen LogP contribution in [0.25, 0.3) is 11.5 Å². The van der Waals surface area contributed by atoms with Gasteiger partial charge in [0, 0.05) is 37.8 Å². The van der Waals surface area contributed by atoms with Gasteiger partial charge in [0.1, 0.15) is 11.5 Å². The second kappa shape index (κ2) is 7.18. The fourth-order valence-electron chi connectivity index (χ4n) is 3.42. The van der Waals surface area contributed by atoms with Crippen molar-refractivity contribution in [2.24, 2.45) is 0 Å². The van der Waals surface area contributed by atoms with Gasteiger partial charge in [-0.25, -0.2) is 4.98 Å². The third-order valence-electron chi connectivity index (χ3n) is 5.50. The fourth-order valence-corrected chi connectivity index (χ4v) is 3.42. The highest BCUT2D eigenvalue weighted by Crippen LogP contribution is 2.31. The summed E-state index contributed by atoms with van der Waals surface area (Å²) in [5.74, 6) is 2.52. The smallest absolute Gasteiger partial charge is 0.226 e. The Hall–Kier alpha value is -1.85. The zero-order valence-electron chi connectivity index (χ0n) is 16.2. The van der Waals surface area contributed by atoms with Crippen LogP contribution < -0.4 is 4.74 Å². The first kappa shape index (κ1) is 18.0. The van der Waals surface area contributed by atoms with Gasteiger partial charge in [-0.2, -0.15) is 0 Å². The predicted octanol–water partition coefficient (Wildman–Crippen LogP) is 3.41. The van der Waals surface area contributed by atoms with Crippen molar-refractivity contribution in [3.63, 3.8) is 0 Å². The van der Waals surface area contributed by atoms with E-state index in [0.29, 0.717) is 11.9 Å². The summed E-state index contributed by atoms with van der Waals surface area (Å²) in [6.45, 7) is 12.5. The highest BCUT2D eigenvalue weighted by molar-refractivity contribution is 5.63. The minimum absolute atomic E-state index is 0.576. The summed E-state index contributed by atoms with van der Waals surface area (Å²) in [7, 11) is 3.89. The average Bonchev–Trinajstić information content (AvgIpc) is 2.94. The van der Waals surface area contributed by atoms with Gasteiger partial charge in [-0.15, -0.1) is 0 Å². The molecule has 1 atom stereocenters. The van der Waals surface area contributed by atoms with Crippen molar-refractivity contribution in [3.8, 4) is 17.2 Å². The van der Waals surface area contributed by atoms with Crippen LogP contribution in [0.4, 0.5) is 0 Å². The number of hydrogen-bond donors (Lipinski definition) is 0. The van der Waals surface area contributed by atoms with E-state index in [9.17, 15) is 0 Å². The van der Waals surface area contributed by atoms with E-state index in [4.69, 9.17) is 14.1 Å². The molecule has 0 spiro atoms. The van der Waals surface area contributed by atoms with E-state index in [1.807, 2.05) is 19.1 Å². The molecule has 3 rings (SSSR count). The Balaban J connectivity index is 1.82. The first-order valence-electron chi connectivity index (χ1n) is 8.94. The molecular weight excluding hydrogens is 314 g/mol. The van der Waals surface area contributed by atoms with Crippen LogP contribution in [0.15, 0.2) is 16.5 Å². The minimum atomic E-state index is 0.576. The Labute approximate surface area is 150 Å². The molecule has 25 heavy (non-hydrogen) atoms. The molecule has 1 aliphatic heterocycles. The quantitative estimate of drug-likeness (QED) is 0.851. The van der Waals surface area contributed by atoms with E-state index in [0.717, 1.165) is 60.1 Å². The maximum atomic E-state index is 6.01. The number of methoxy groups -OCH3 is 1. The van der Waals surface area contributed by atoms with Crippen LogP contribution in [0.5, 0.6) is 5.75 Å². The van der Waals surface area contributed by atoms with Crippen molar-refractivity contribution in [2.75, 3.05) is 33.8 Å². The van der Waals surface area contributed by atoms with E-state index in [1.165, 1.54) is 0 Å². The normalized spacial score (nSPS) is 19.4. The number of ether oxygens (including phenoxy) is 1. The largest absolute Gasteiger partial charge is 0.496 e. The first-order valence-corrected chi connectivity index (χ1v) is 8.94. The number of piperazine rings is 1. The van der Waals surface area contributed by atoms with Crippen LogP contribution in [0.2, 0.25) is 0 Å². The molecule has 1 aliphatic rings. The maximum absolute atomic E-state index is 6.01. The number of rotatable bonds is 4. The maximum Gasteiger partial charge on any atom is 0.226 e. The monoisotopic (exact) mass is 343 g/mol. The van der Waals surface area contributed by atoms with Crippen LogP contribution >= 0.6 is 0 Å². The SMILES string of the molecule is COc1ccc(-c2nc(CN3CCN(C)[C@@H](C)C3)c(C)o2)c(C)c1C. The fraction of sp³-hybridized carbons (Fsp3) is 0.550. The molecule has 0 radical (unpaired) electrons. The Morgan fingerprint density at radius 1 is 1.20 bits per heavy atom. The van der Waals surface area contributed by atoms with E-state index >= 15 is 0 Å². The van der Waals surface area contributed by atoms with Gasteiger partial charge in [0.05, 0.1) is 12.8 Å². The highest BCUT2D eigenvalue weighted by atomic mass is 16.5. The zero-order chi connectivity index (χ0) is 18.1. The molecule has 0 bridgehead atoms. The molecule has 0 saturated carbocycles. The first-order chi connectivity index (χ1) is 11.9. The minimum Gasteiger partial charge on any atom is -0.496 e. The van der Waals surface area contributed by atoms with Gasteiger partial charge in [0.15, 0.2) is 0 Å². The second-order valence-corrected chi connectivity index (χ2v) is 7.15. The van der Waals surface area contributed by atoms with Gasteiger partial charge in [-0.05, 0) is 58.0 Å². The van der Waals surface area contributed by atoms with E-state index in [1.54, 1.807) is 7.11 Å². The van der Waals surface area contributed by atoms with Gasteiger partial charge < -0.3 is 14.1 Å². The van der Waals surface area contributed by atoms with Crippen LogP contribution in [0, 0.1) is 20.8 Å². The summed E-state index contributed by atoms with van der Waals surface area (Å²) < 4.78 is 11.4. The van der Waals surface area contributed by atoms with Crippen LogP contribution in [0.3, 0.4) is 0 Å². The Bertz CT molecular complexity index is 754. The summed E-state index contributed by atoms with van der Waals surface area (Å²) in [4.78, 5) is 9.68. The van der Waals surface area contributed by atoms with Gasteiger partial charge in [-0.3, -0.25) is 4.90 Å². The lowest BCUT2D eigenvalue weighted by Gasteiger charge is -2.37. The number of benzene rings is 1. The Morgan fingerprint density at radius 2 is 1.96 bits per heavy atom. The van der Waals surface area contributed by atoms with Gasteiger partial charge >= 0.3 is 0 Å². The van der Waals surface area contributed by atoms with Crippen molar-refractivity contribution in [2.45, 2.75) is 40.3 Å². The summed E-state index contributed by atoms with van der Waals surface area (Å²) >= 11 is 0. The molecular formula is C20H29N3O2. The predicted molar refractivity (Wildman–Crippen MR) is 100 cm³/mol. The molecule has 5 heteroatoms. The zero-order valence-corrected chi connectivity index (χ0v) is 16.2. The molecule has 0 N–H and O–H groups in total. The summed E-state index contributed by atoms with van der Waals surface area (Å²) in [6, 6.07) is 4.60. The van der Waals surface area contributed by atoms with Gasteiger partial charge in [0.25, 0.3) is 0 Å². The lowest BCUT2D eigenvalue weighted by Crippen LogP contribution is -2.49. The molecule has 1 aromatic heterocycles. The summed E-state index contributed by atoms with van der Waals surface area (Å²) in [6.07, 6.45) is 0. The highest BCUT2D eigenvalue weighted by Gasteiger charge is 2.23. The van der Waals surface area contributed by atoms with Crippen molar-refractivity contribution >= 4 is 0 Å². The van der Waals surface area contributed by atoms with Crippen LogP contribution in [-0.4, -0.2) is 54.6 Å². The molecule has 136 valence electrons. The number of oxazole rings is 1. The third-order valence-corrected chi connectivity index (χ3v) is 5.50. The Morgan fingerprint density at radius 3 is 2.64 bits per heavy atom. The molecule has 5 nitrogen and oxygen atoms in total. The molecule has 1 aromatic carbocycles. The van der Waals surface area contributed by atoms with Crippen molar-refractivity contribution in [3.05, 3.63) is 34.7 Å². The van der Waals surface area contributed by atoms with Crippen molar-refractivity contribution in [1.82, 2.24) is 14.8 Å². The average molecular weight is 343 g/mol. The molecule has 2 aromatic rings. The molecule has 1 saturated heterocycles. The number of aromatic nitrogens is 1. The standard InChI is InChI=1S/C20H29N3O2/c1-13-11-23(10-9-22(13)5)12-18-16(4)25-20(21-18)17-7-8-19(24-6)15(3)14(17)2/h7-8,13H,9-12H2,1-6H3/t13-/m0/s1. The summed E-state index contributed by atoms with van der Waals surface area (Å²) in [5.41, 5.74) is 4.37. The number of aryl methyl sites for hydroxylation is 1. The van der Waals surface area contributed by atoms with E-state index in [2.05, 4.69) is 37.6 Å². The van der Waals surface area contributed by atoms with Crippen molar-refractivity contribution < 1.29 is 9.15 Å². The number of hydrogen-bond acceptors (Lipinski definition) is 5. The van der Waals surface area contributed by atoms with Crippen molar-refractivity contribution in [1.29, 1.82) is 0 Å². The summed E-state index contributed by atoms with van der Waals surface area (Å²) in [5, 5.41) is 0. The number of nitrogens with zero attached hydrogens (tertiary/aromatic N) is 3. The van der Waals surface area contributed by atoms with Gasteiger partial charge in [0.2, 0.25) is 5.89 Å². The third kappa shape index (κ3) is 3.58. The molecule has 1 fully saturated rings. The topological polar surface area (TPSA) is 41.7 Å². The van der Waals surface area contributed by atoms with Gasteiger partial charge in [-0.1, -0.05) is 0 Å². The number of likely N-dealkylation sites (N-methyl/N-ethyl adjacent to an activating group) is 1. The Kier molecular flexibility index (Phi) is 5.16. The lowest BCUT2D eigenvalue weighted by molar-refractivity contribution is 0.0988. The van der Waals surface area contributed by atoms with E-state index < -0.39 is 0 Å². The molecule has 0 amide bonds. The molecule has 2 heterocycles. The molecule has 0 unspecified atom stereocenters. The van der Waals surface area contributed by atoms with Crippen LogP contribution in [0.1, 0.15) is 29.5 Å².